The van der Waals surface area contributed by atoms with E-state index in [0.717, 1.165) is 25.7 Å². The molecular weight excluding hydrogens is 294 g/mol. The number of esters is 1. The summed E-state index contributed by atoms with van der Waals surface area (Å²) in [5.41, 5.74) is 2.05. The van der Waals surface area contributed by atoms with Crippen LogP contribution in [0.3, 0.4) is 0 Å². The molecule has 6 heteroatoms. The van der Waals surface area contributed by atoms with E-state index >= 15 is 0 Å². The molecule has 5 nitrogen and oxygen atoms in total. The minimum Gasteiger partial charge on any atom is -0.449 e. The fraction of sp³-hybridized carbons (Fsp3) is 0.733. The fourth-order valence-corrected chi connectivity index (χ4v) is 3.10. The van der Waals surface area contributed by atoms with E-state index in [2.05, 4.69) is 5.32 Å². The quantitative estimate of drug-likeness (QED) is 0.494. The first-order chi connectivity index (χ1) is 9.78. The van der Waals surface area contributed by atoms with Crippen molar-refractivity contribution in [1.82, 2.24) is 5.32 Å². The van der Waals surface area contributed by atoms with Gasteiger partial charge in [0.15, 0.2) is 6.07 Å². The van der Waals surface area contributed by atoms with E-state index in [4.69, 9.17) is 21.1 Å². The van der Waals surface area contributed by atoms with Crippen LogP contribution >= 0.6 is 11.6 Å². The third kappa shape index (κ3) is 4.37. The van der Waals surface area contributed by atoms with Crippen LogP contribution in [0.25, 0.3) is 0 Å². The van der Waals surface area contributed by atoms with Gasteiger partial charge in [-0.2, -0.15) is 0 Å². The van der Waals surface area contributed by atoms with Crippen molar-refractivity contribution in [3.05, 3.63) is 11.1 Å². The van der Waals surface area contributed by atoms with Gasteiger partial charge in [0.1, 0.15) is 5.60 Å². The summed E-state index contributed by atoms with van der Waals surface area (Å²) < 4.78 is 10.1. The average molecular weight is 316 g/mol. The number of hydrogen-bond acceptors (Lipinski definition) is 4. The van der Waals surface area contributed by atoms with E-state index in [1.165, 1.54) is 11.1 Å². The smallest absolute Gasteiger partial charge is 0.407 e. The number of rotatable bonds is 3. The lowest BCUT2D eigenvalue weighted by Gasteiger charge is -2.22. The third-order valence-electron chi connectivity index (χ3n) is 3.72. The molecule has 0 saturated heterocycles. The second-order valence-electron chi connectivity index (χ2n) is 6.64. The molecule has 0 radical (unpaired) electrons. The molecule has 118 valence electrons. The summed E-state index contributed by atoms with van der Waals surface area (Å²) >= 11 is 5.41. The van der Waals surface area contributed by atoms with Gasteiger partial charge in [-0.15, -0.1) is 0 Å². The molecule has 1 N–H and O–H groups in total. The Kier molecular flexibility index (Phi) is 4.81. The van der Waals surface area contributed by atoms with E-state index in [1.807, 2.05) is 20.8 Å². The molecule has 0 heterocycles. The van der Waals surface area contributed by atoms with Crippen LogP contribution in [0.15, 0.2) is 11.1 Å². The van der Waals surface area contributed by atoms with Crippen molar-refractivity contribution >= 4 is 23.7 Å². The van der Waals surface area contributed by atoms with Gasteiger partial charge in [-0.25, -0.2) is 4.79 Å². The van der Waals surface area contributed by atoms with Crippen LogP contribution in [0.1, 0.15) is 46.5 Å². The zero-order valence-corrected chi connectivity index (χ0v) is 13.5. The molecule has 2 rings (SSSR count). The number of nitrogens with one attached hydrogen (secondary N) is 1. The molecule has 1 amide bonds. The molecule has 0 fully saturated rings. The second-order valence-corrected chi connectivity index (χ2v) is 6.85. The van der Waals surface area contributed by atoms with Gasteiger partial charge in [0, 0.05) is 6.04 Å². The molecule has 0 aliphatic heterocycles. The van der Waals surface area contributed by atoms with Crippen LogP contribution in [0.2, 0.25) is 0 Å². The number of alkyl carbamates (subject to hydrolysis) is 1. The average Bonchev–Trinajstić information content (AvgIpc) is 2.83. The summed E-state index contributed by atoms with van der Waals surface area (Å²) in [7, 11) is 0. The van der Waals surface area contributed by atoms with Crippen molar-refractivity contribution in [3.63, 3.8) is 0 Å². The second kappa shape index (κ2) is 6.26. The summed E-state index contributed by atoms with van der Waals surface area (Å²) in [4.78, 5) is 23.4. The number of carbonyl (C=O) groups excluding carboxylic acids is 2. The monoisotopic (exact) mass is 315 g/mol. The first-order valence-electron chi connectivity index (χ1n) is 7.20. The zero-order chi connectivity index (χ0) is 15.6. The maximum absolute atomic E-state index is 11.8. The van der Waals surface area contributed by atoms with Crippen LogP contribution in [-0.4, -0.2) is 29.8 Å². The lowest BCUT2D eigenvalue weighted by atomic mass is 9.99. The summed E-state index contributed by atoms with van der Waals surface area (Å²) in [5, 5.41) is 2.89. The predicted molar refractivity (Wildman–Crippen MR) is 79.0 cm³/mol. The highest BCUT2D eigenvalue weighted by molar-refractivity contribution is 6.17. The van der Waals surface area contributed by atoms with Crippen molar-refractivity contribution in [3.8, 4) is 0 Å². The highest BCUT2D eigenvalue weighted by Crippen LogP contribution is 2.42. The first-order valence-corrected chi connectivity index (χ1v) is 7.74. The minimum absolute atomic E-state index is 0.0786. The van der Waals surface area contributed by atoms with Crippen molar-refractivity contribution in [1.29, 1.82) is 0 Å². The normalized spacial score (nSPS) is 19.6. The van der Waals surface area contributed by atoms with Crippen molar-refractivity contribution in [2.24, 2.45) is 5.92 Å². The Balaban J connectivity index is 1.78. The molecule has 0 aromatic heterocycles. The first kappa shape index (κ1) is 16.1. The minimum atomic E-state index is -0.491. The van der Waals surface area contributed by atoms with Gasteiger partial charge in [0.2, 0.25) is 0 Å². The van der Waals surface area contributed by atoms with E-state index in [-0.39, 0.29) is 30.1 Å². The Labute approximate surface area is 130 Å². The van der Waals surface area contributed by atoms with Gasteiger partial charge in [-0.3, -0.25) is 4.79 Å². The number of ether oxygens (including phenoxy) is 2. The van der Waals surface area contributed by atoms with Crippen LogP contribution in [0.5, 0.6) is 0 Å². The van der Waals surface area contributed by atoms with Crippen molar-refractivity contribution < 1.29 is 19.1 Å². The molecule has 0 atom stereocenters. The zero-order valence-electron chi connectivity index (χ0n) is 12.7. The lowest BCUT2D eigenvalue weighted by molar-refractivity contribution is -0.146. The molecule has 0 saturated carbocycles. The van der Waals surface area contributed by atoms with Crippen LogP contribution in [0, 0.1) is 5.92 Å². The molecule has 2 aliphatic carbocycles. The van der Waals surface area contributed by atoms with Gasteiger partial charge in [-0.05, 0) is 46.5 Å². The van der Waals surface area contributed by atoms with E-state index in [0.29, 0.717) is 0 Å². The molecule has 0 aromatic carbocycles. The number of carbonyl (C=O) groups is 2. The van der Waals surface area contributed by atoms with Crippen LogP contribution in [-0.2, 0) is 14.3 Å². The topological polar surface area (TPSA) is 64.6 Å². The Bertz CT molecular complexity index is 449. The summed E-state index contributed by atoms with van der Waals surface area (Å²) in [6.45, 7) is 5.52. The van der Waals surface area contributed by atoms with Crippen molar-refractivity contribution in [2.75, 3.05) is 6.07 Å². The van der Waals surface area contributed by atoms with Gasteiger partial charge < -0.3 is 14.8 Å². The third-order valence-corrected chi connectivity index (χ3v) is 3.83. The van der Waals surface area contributed by atoms with E-state index in [9.17, 15) is 9.59 Å². The maximum atomic E-state index is 11.8. The largest absolute Gasteiger partial charge is 0.449 e. The number of amides is 1. The number of alkyl halides is 1. The van der Waals surface area contributed by atoms with Gasteiger partial charge in [0.25, 0.3) is 0 Å². The Morgan fingerprint density at radius 1 is 1.19 bits per heavy atom. The molecular formula is C15H22ClNO4. The predicted octanol–water partition coefficient (Wildman–Crippen LogP) is 3.12. The Morgan fingerprint density at radius 3 is 2.24 bits per heavy atom. The number of halogens is 1. The lowest BCUT2D eigenvalue weighted by Crippen LogP contribution is -2.38. The highest BCUT2D eigenvalue weighted by Gasteiger charge is 2.36. The molecule has 0 aromatic rings. The van der Waals surface area contributed by atoms with Crippen molar-refractivity contribution in [2.45, 2.75) is 58.1 Å². The Morgan fingerprint density at radius 2 is 1.76 bits per heavy atom. The van der Waals surface area contributed by atoms with E-state index in [1.54, 1.807) is 0 Å². The SMILES string of the molecule is CC(C)(C)OC(=O)NC1CC2=C(C1)CC(C(=O)OCCl)C2. The fourth-order valence-electron chi connectivity index (χ4n) is 2.99. The van der Waals surface area contributed by atoms with Gasteiger partial charge >= 0.3 is 12.1 Å². The maximum Gasteiger partial charge on any atom is 0.407 e. The standard InChI is InChI=1S/C15H22ClNO4/c1-15(2,3)21-14(19)17-12-6-9-4-11(5-10(9)7-12)13(18)20-8-16/h11-12H,4-8H2,1-3H3,(H,17,19). The molecule has 2 aliphatic rings. The van der Waals surface area contributed by atoms with E-state index < -0.39 is 5.60 Å². The Hall–Kier alpha value is -1.23. The molecule has 21 heavy (non-hydrogen) atoms. The number of hydrogen-bond donors (Lipinski definition) is 1. The van der Waals surface area contributed by atoms with Gasteiger partial charge in [-0.1, -0.05) is 22.7 Å². The summed E-state index contributed by atoms with van der Waals surface area (Å²) in [5.74, 6) is -0.327. The molecule has 0 bridgehead atoms. The highest BCUT2D eigenvalue weighted by atomic mass is 35.5. The van der Waals surface area contributed by atoms with Crippen LogP contribution < -0.4 is 5.32 Å². The molecule has 0 spiro atoms. The van der Waals surface area contributed by atoms with Crippen LogP contribution in [0.4, 0.5) is 4.79 Å². The van der Waals surface area contributed by atoms with Gasteiger partial charge in [0.05, 0.1) is 5.92 Å². The summed E-state index contributed by atoms with van der Waals surface area (Å²) in [6, 6.07) is -0.0159. The summed E-state index contributed by atoms with van der Waals surface area (Å²) in [6.07, 6.45) is 2.64. The molecule has 0 unspecified atom stereocenters.